The normalized spacial score (nSPS) is 21.5. The third-order valence-electron chi connectivity index (χ3n) is 5.03. The molecule has 2 heterocycles. The van der Waals surface area contributed by atoms with Gasteiger partial charge in [0, 0.05) is 29.6 Å². The topological polar surface area (TPSA) is 58.6 Å². The average molecular weight is 350 g/mol. The number of para-hydroxylation sites is 1. The molecule has 0 unspecified atom stereocenters. The molecule has 0 radical (unpaired) electrons. The maximum atomic E-state index is 13.1. The Hall–Kier alpha value is -2.66. The van der Waals surface area contributed by atoms with Crippen molar-refractivity contribution in [2.45, 2.75) is 38.3 Å². The summed E-state index contributed by atoms with van der Waals surface area (Å²) in [5.74, 6) is -0.192. The molecule has 2 aliphatic rings. The number of nitrogens with one attached hydrogen (secondary N) is 1. The molecule has 2 amide bonds. The van der Waals surface area contributed by atoms with E-state index >= 15 is 0 Å². The molecule has 2 aromatic rings. The highest BCUT2D eigenvalue weighted by atomic mass is 16.5. The molecule has 2 atom stereocenters. The van der Waals surface area contributed by atoms with Gasteiger partial charge in [-0.15, -0.1) is 0 Å². The van der Waals surface area contributed by atoms with Gasteiger partial charge in [-0.25, -0.2) is 0 Å². The highest BCUT2D eigenvalue weighted by Gasteiger charge is 2.31. The number of amides is 2. The molecule has 0 spiro atoms. The van der Waals surface area contributed by atoms with Crippen molar-refractivity contribution in [3.63, 3.8) is 0 Å². The van der Waals surface area contributed by atoms with Gasteiger partial charge in [-0.05, 0) is 56.0 Å². The Balaban J connectivity index is 1.54. The summed E-state index contributed by atoms with van der Waals surface area (Å²) in [6.07, 6.45) is 2.12. The molecule has 1 fully saturated rings. The molecule has 2 aliphatic heterocycles. The third-order valence-corrected chi connectivity index (χ3v) is 5.03. The lowest BCUT2D eigenvalue weighted by Crippen LogP contribution is -2.35. The Morgan fingerprint density at radius 3 is 2.81 bits per heavy atom. The quantitative estimate of drug-likeness (QED) is 0.923. The fourth-order valence-electron chi connectivity index (χ4n) is 3.75. The molecule has 0 aliphatic carbocycles. The first kappa shape index (κ1) is 16.8. The number of nitrogens with zero attached hydrogens (tertiary/aromatic N) is 1. The fourth-order valence-corrected chi connectivity index (χ4v) is 3.75. The molecule has 2 aromatic carbocycles. The lowest BCUT2D eigenvalue weighted by molar-refractivity contribution is -0.124. The second-order valence-corrected chi connectivity index (χ2v) is 6.93. The Morgan fingerprint density at radius 2 is 2.00 bits per heavy atom. The number of benzene rings is 2. The molecule has 1 N–H and O–H groups in total. The van der Waals surface area contributed by atoms with Gasteiger partial charge in [0.05, 0.1) is 0 Å². The summed E-state index contributed by atoms with van der Waals surface area (Å²) in [6, 6.07) is 15.2. The van der Waals surface area contributed by atoms with Crippen LogP contribution in [0.4, 0.5) is 11.4 Å². The summed E-state index contributed by atoms with van der Waals surface area (Å²) < 4.78 is 5.41. The zero-order valence-electron chi connectivity index (χ0n) is 14.8. The maximum Gasteiger partial charge on any atom is 0.258 e. The van der Waals surface area contributed by atoms with Crippen molar-refractivity contribution in [2.75, 3.05) is 16.8 Å². The van der Waals surface area contributed by atoms with Crippen LogP contribution >= 0.6 is 0 Å². The standard InChI is InChI=1S/C21H22N2O3/c1-14-12-15-6-2-3-9-18(15)23(14)21(25)16-7-4-8-17(13-16)22-20(24)19-10-5-11-26-19/h2-4,6-9,13-14,19H,5,10-12H2,1H3,(H,22,24)/t14-,19-/m1/s1. The predicted molar refractivity (Wildman–Crippen MR) is 100 cm³/mol. The molecular weight excluding hydrogens is 328 g/mol. The van der Waals surface area contributed by atoms with Crippen molar-refractivity contribution < 1.29 is 14.3 Å². The summed E-state index contributed by atoms with van der Waals surface area (Å²) >= 11 is 0. The van der Waals surface area contributed by atoms with Gasteiger partial charge in [0.2, 0.25) is 0 Å². The summed E-state index contributed by atoms with van der Waals surface area (Å²) in [5.41, 5.74) is 3.35. The van der Waals surface area contributed by atoms with Gasteiger partial charge >= 0.3 is 0 Å². The van der Waals surface area contributed by atoms with Crippen molar-refractivity contribution in [2.24, 2.45) is 0 Å². The van der Waals surface area contributed by atoms with Crippen LogP contribution in [0, 0.1) is 0 Å². The number of hydrogen-bond donors (Lipinski definition) is 1. The van der Waals surface area contributed by atoms with Crippen LogP contribution in [-0.2, 0) is 16.0 Å². The molecule has 5 nitrogen and oxygen atoms in total. The molecule has 4 rings (SSSR count). The van der Waals surface area contributed by atoms with Crippen molar-refractivity contribution >= 4 is 23.2 Å². The van der Waals surface area contributed by atoms with E-state index in [-0.39, 0.29) is 24.0 Å². The molecule has 5 heteroatoms. The molecule has 134 valence electrons. The SMILES string of the molecule is C[C@@H]1Cc2ccccc2N1C(=O)c1cccc(NC(=O)[C@H]2CCCO2)c1. The first-order valence-corrected chi connectivity index (χ1v) is 9.07. The van der Waals surface area contributed by atoms with Crippen LogP contribution in [0.15, 0.2) is 48.5 Å². The van der Waals surface area contributed by atoms with Crippen LogP contribution in [-0.4, -0.2) is 30.6 Å². The van der Waals surface area contributed by atoms with Crippen LogP contribution in [0.1, 0.15) is 35.7 Å². The summed E-state index contributed by atoms with van der Waals surface area (Å²) in [5, 5.41) is 2.87. The van der Waals surface area contributed by atoms with E-state index in [1.54, 1.807) is 24.3 Å². The number of fused-ring (bicyclic) bond motifs is 1. The van der Waals surface area contributed by atoms with E-state index in [0.717, 1.165) is 24.9 Å². The van der Waals surface area contributed by atoms with Gasteiger partial charge in [0.15, 0.2) is 0 Å². The third kappa shape index (κ3) is 3.10. The van der Waals surface area contributed by atoms with E-state index in [4.69, 9.17) is 4.74 Å². The van der Waals surface area contributed by atoms with E-state index in [1.165, 1.54) is 5.56 Å². The van der Waals surface area contributed by atoms with Crippen molar-refractivity contribution in [1.29, 1.82) is 0 Å². The monoisotopic (exact) mass is 350 g/mol. The van der Waals surface area contributed by atoms with E-state index < -0.39 is 0 Å². The van der Waals surface area contributed by atoms with Crippen LogP contribution in [0.3, 0.4) is 0 Å². The maximum absolute atomic E-state index is 13.1. The van der Waals surface area contributed by atoms with Crippen LogP contribution in [0.2, 0.25) is 0 Å². The lowest BCUT2D eigenvalue weighted by Gasteiger charge is -2.23. The van der Waals surface area contributed by atoms with Crippen molar-refractivity contribution in [3.05, 3.63) is 59.7 Å². The van der Waals surface area contributed by atoms with Crippen LogP contribution in [0.25, 0.3) is 0 Å². The average Bonchev–Trinajstić information content (AvgIpc) is 3.28. The van der Waals surface area contributed by atoms with Gasteiger partial charge < -0.3 is 15.0 Å². The van der Waals surface area contributed by atoms with E-state index in [0.29, 0.717) is 17.9 Å². The molecule has 0 saturated carbocycles. The number of carbonyl (C=O) groups is 2. The second-order valence-electron chi connectivity index (χ2n) is 6.93. The van der Waals surface area contributed by atoms with E-state index in [2.05, 4.69) is 18.3 Å². The minimum absolute atomic E-state index is 0.0457. The molecule has 0 aromatic heterocycles. The van der Waals surface area contributed by atoms with Crippen LogP contribution in [0.5, 0.6) is 0 Å². The second kappa shape index (κ2) is 6.92. The van der Waals surface area contributed by atoms with E-state index in [1.807, 2.05) is 23.1 Å². The van der Waals surface area contributed by atoms with Crippen molar-refractivity contribution in [1.82, 2.24) is 0 Å². The Kier molecular flexibility index (Phi) is 4.47. The number of anilines is 2. The van der Waals surface area contributed by atoms with Gasteiger partial charge in [0.25, 0.3) is 11.8 Å². The van der Waals surface area contributed by atoms with Crippen LogP contribution < -0.4 is 10.2 Å². The number of carbonyl (C=O) groups excluding carboxylic acids is 2. The predicted octanol–water partition coefficient (Wildman–Crippen LogP) is 3.40. The largest absolute Gasteiger partial charge is 0.368 e. The lowest BCUT2D eigenvalue weighted by atomic mass is 10.1. The van der Waals surface area contributed by atoms with Gasteiger partial charge in [0.1, 0.15) is 6.10 Å². The molecular formula is C21H22N2O3. The number of rotatable bonds is 3. The number of hydrogen-bond acceptors (Lipinski definition) is 3. The fraction of sp³-hybridized carbons (Fsp3) is 0.333. The minimum Gasteiger partial charge on any atom is -0.368 e. The first-order chi connectivity index (χ1) is 12.6. The summed E-state index contributed by atoms with van der Waals surface area (Å²) in [4.78, 5) is 27.2. The zero-order chi connectivity index (χ0) is 18.1. The Labute approximate surface area is 153 Å². The van der Waals surface area contributed by atoms with Gasteiger partial charge in [-0.1, -0.05) is 24.3 Å². The highest BCUT2D eigenvalue weighted by Crippen LogP contribution is 2.33. The van der Waals surface area contributed by atoms with Gasteiger partial charge in [-0.2, -0.15) is 0 Å². The molecule has 0 bridgehead atoms. The number of ether oxygens (including phenoxy) is 1. The summed E-state index contributed by atoms with van der Waals surface area (Å²) in [7, 11) is 0. The minimum atomic E-state index is -0.389. The van der Waals surface area contributed by atoms with E-state index in [9.17, 15) is 9.59 Å². The smallest absolute Gasteiger partial charge is 0.258 e. The Bertz CT molecular complexity index is 843. The zero-order valence-corrected chi connectivity index (χ0v) is 14.8. The molecule has 1 saturated heterocycles. The first-order valence-electron chi connectivity index (χ1n) is 9.07. The summed E-state index contributed by atoms with van der Waals surface area (Å²) in [6.45, 7) is 2.68. The highest BCUT2D eigenvalue weighted by molar-refractivity contribution is 6.08. The van der Waals surface area contributed by atoms with Crippen molar-refractivity contribution in [3.8, 4) is 0 Å². The Morgan fingerprint density at radius 1 is 1.15 bits per heavy atom. The van der Waals surface area contributed by atoms with Gasteiger partial charge in [-0.3, -0.25) is 9.59 Å². The molecule has 26 heavy (non-hydrogen) atoms.